The molecule has 1 atom stereocenters. The number of nitrogens with zero attached hydrogens (tertiary/aromatic N) is 1. The first kappa shape index (κ1) is 19.4. The van der Waals surface area contributed by atoms with E-state index in [2.05, 4.69) is 29.1 Å². The summed E-state index contributed by atoms with van der Waals surface area (Å²) in [4.78, 5) is 20.2. The smallest absolute Gasteiger partial charge is 0.220 e. The van der Waals surface area contributed by atoms with Crippen LogP contribution in [0.5, 0.6) is 0 Å². The molecular weight excluding hydrogens is 358 g/mol. The largest absolute Gasteiger partial charge is 0.361 e. The second kappa shape index (κ2) is 9.05. The van der Waals surface area contributed by atoms with Crippen LogP contribution < -0.4 is 5.32 Å². The monoisotopic (exact) mass is 383 g/mol. The third kappa shape index (κ3) is 5.33. The summed E-state index contributed by atoms with van der Waals surface area (Å²) < 4.78 is 0. The van der Waals surface area contributed by atoms with Crippen LogP contribution in [0.2, 0.25) is 5.02 Å². The van der Waals surface area contributed by atoms with Crippen LogP contribution in [0.1, 0.15) is 43.9 Å². The third-order valence-electron chi connectivity index (χ3n) is 4.73. The highest BCUT2D eigenvalue weighted by Gasteiger charge is 2.20. The number of hydrogen-bond acceptors (Lipinski definition) is 2. The maximum atomic E-state index is 12.6. The third-order valence-corrected chi connectivity index (χ3v) is 4.97. The van der Waals surface area contributed by atoms with Crippen LogP contribution in [0, 0.1) is 5.92 Å². The van der Waals surface area contributed by atoms with Gasteiger partial charge in [0.1, 0.15) is 0 Å². The lowest BCUT2D eigenvalue weighted by molar-refractivity contribution is -0.121. The first-order chi connectivity index (χ1) is 13.0. The Hall–Kier alpha value is -2.33. The highest BCUT2D eigenvalue weighted by molar-refractivity contribution is 6.31. The van der Waals surface area contributed by atoms with Crippen LogP contribution in [0.4, 0.5) is 0 Å². The molecule has 0 fully saturated rings. The Bertz CT molecular complexity index is 889. The minimum atomic E-state index is 0.0768. The topological polar surface area (TPSA) is 57.8 Å². The van der Waals surface area contributed by atoms with Gasteiger partial charge in [-0.1, -0.05) is 31.5 Å². The van der Waals surface area contributed by atoms with E-state index in [0.717, 1.165) is 29.4 Å². The Morgan fingerprint density at radius 1 is 1.26 bits per heavy atom. The number of amides is 1. The number of halogens is 1. The van der Waals surface area contributed by atoms with Crippen molar-refractivity contribution in [2.45, 2.75) is 39.0 Å². The number of pyridine rings is 1. The van der Waals surface area contributed by atoms with Crippen molar-refractivity contribution in [2.75, 3.05) is 6.54 Å². The number of rotatable bonds is 8. The normalized spacial score (nSPS) is 12.4. The van der Waals surface area contributed by atoms with Gasteiger partial charge in [0, 0.05) is 53.4 Å². The van der Waals surface area contributed by atoms with Gasteiger partial charge in [0.15, 0.2) is 0 Å². The van der Waals surface area contributed by atoms with E-state index in [4.69, 9.17) is 11.6 Å². The van der Waals surface area contributed by atoms with E-state index in [9.17, 15) is 4.79 Å². The number of carbonyl (C=O) groups excluding carboxylic acids is 1. The molecule has 0 aliphatic carbocycles. The predicted octanol–water partition coefficient (Wildman–Crippen LogP) is 5.10. The summed E-state index contributed by atoms with van der Waals surface area (Å²) in [6.07, 6.45) is 5.96. The predicted molar refractivity (Wildman–Crippen MR) is 111 cm³/mol. The van der Waals surface area contributed by atoms with Gasteiger partial charge in [-0.25, -0.2) is 0 Å². The number of benzene rings is 1. The van der Waals surface area contributed by atoms with Crippen molar-refractivity contribution < 1.29 is 4.79 Å². The van der Waals surface area contributed by atoms with Crippen molar-refractivity contribution in [2.24, 2.45) is 5.92 Å². The molecule has 0 bridgehead atoms. The molecule has 0 spiro atoms. The average molecular weight is 384 g/mol. The fourth-order valence-electron chi connectivity index (χ4n) is 3.51. The lowest BCUT2D eigenvalue weighted by atomic mass is 9.87. The zero-order valence-electron chi connectivity index (χ0n) is 15.8. The number of H-pyrrole nitrogens is 1. The molecule has 5 heteroatoms. The van der Waals surface area contributed by atoms with E-state index >= 15 is 0 Å². The second-order valence-electron chi connectivity index (χ2n) is 7.39. The van der Waals surface area contributed by atoms with Crippen LogP contribution in [-0.4, -0.2) is 22.4 Å². The molecule has 0 aliphatic heterocycles. The van der Waals surface area contributed by atoms with Crippen molar-refractivity contribution in [1.82, 2.24) is 15.3 Å². The Balaban J connectivity index is 1.67. The summed E-state index contributed by atoms with van der Waals surface area (Å²) in [5, 5.41) is 4.86. The van der Waals surface area contributed by atoms with E-state index in [1.807, 2.05) is 42.6 Å². The summed E-state index contributed by atoms with van der Waals surface area (Å²) in [6.45, 7) is 4.98. The molecule has 0 radical (unpaired) electrons. The minimum Gasteiger partial charge on any atom is -0.361 e. The zero-order chi connectivity index (χ0) is 19.2. The van der Waals surface area contributed by atoms with Gasteiger partial charge in [-0.3, -0.25) is 9.78 Å². The maximum absolute atomic E-state index is 12.6. The molecule has 27 heavy (non-hydrogen) atoms. The molecule has 1 amide bonds. The summed E-state index contributed by atoms with van der Waals surface area (Å²) in [5.74, 6) is 0.737. The average Bonchev–Trinajstić information content (AvgIpc) is 3.04. The number of carbonyl (C=O) groups is 1. The molecule has 2 N–H and O–H groups in total. The lowest BCUT2D eigenvalue weighted by Gasteiger charge is -2.18. The first-order valence-electron chi connectivity index (χ1n) is 9.46. The Kier molecular flexibility index (Phi) is 6.51. The van der Waals surface area contributed by atoms with Crippen molar-refractivity contribution in [3.05, 3.63) is 65.1 Å². The van der Waals surface area contributed by atoms with Crippen molar-refractivity contribution in [3.63, 3.8) is 0 Å². The molecule has 4 nitrogen and oxygen atoms in total. The highest BCUT2D eigenvalue weighted by atomic mass is 35.5. The molecule has 1 unspecified atom stereocenters. The molecular formula is C22H26ClN3O. The lowest BCUT2D eigenvalue weighted by Crippen LogP contribution is -2.27. The Morgan fingerprint density at radius 3 is 2.85 bits per heavy atom. The number of nitrogens with one attached hydrogen (secondary N) is 2. The summed E-state index contributed by atoms with van der Waals surface area (Å²) in [7, 11) is 0. The van der Waals surface area contributed by atoms with Crippen LogP contribution >= 0.6 is 11.6 Å². The number of aromatic amines is 1. The summed E-state index contributed by atoms with van der Waals surface area (Å²) in [6, 6.07) is 11.7. The summed E-state index contributed by atoms with van der Waals surface area (Å²) >= 11 is 6.19. The molecule has 0 saturated heterocycles. The fourth-order valence-corrected chi connectivity index (χ4v) is 3.69. The quantitative estimate of drug-likeness (QED) is 0.568. The van der Waals surface area contributed by atoms with Gasteiger partial charge in [-0.15, -0.1) is 0 Å². The van der Waals surface area contributed by atoms with Gasteiger partial charge in [-0.2, -0.15) is 0 Å². The van der Waals surface area contributed by atoms with Crippen molar-refractivity contribution >= 4 is 28.4 Å². The zero-order valence-corrected chi connectivity index (χ0v) is 16.6. The van der Waals surface area contributed by atoms with Crippen LogP contribution in [0.15, 0.2) is 48.8 Å². The number of hydrogen-bond donors (Lipinski definition) is 2. The molecule has 2 aromatic heterocycles. The standard InChI is InChI=1S/C22H26ClN3O/c1-15(2)11-16(20-14-26-21-7-6-17(23)13-19(20)21)12-22(27)25-10-8-18-5-3-4-9-24-18/h3-7,9,13-16,26H,8,10-12H2,1-2H3,(H,25,27). The number of aromatic nitrogens is 2. The van der Waals surface area contributed by atoms with E-state index in [0.29, 0.717) is 23.9 Å². The van der Waals surface area contributed by atoms with E-state index in [1.54, 1.807) is 6.20 Å². The molecule has 0 saturated carbocycles. The van der Waals surface area contributed by atoms with Gasteiger partial charge in [0.2, 0.25) is 5.91 Å². The van der Waals surface area contributed by atoms with E-state index in [-0.39, 0.29) is 11.8 Å². The van der Waals surface area contributed by atoms with Gasteiger partial charge in [0.05, 0.1) is 0 Å². The van der Waals surface area contributed by atoms with Crippen LogP contribution in [0.25, 0.3) is 10.9 Å². The molecule has 3 aromatic rings. The molecule has 142 valence electrons. The molecule has 2 heterocycles. The van der Waals surface area contributed by atoms with Gasteiger partial charge < -0.3 is 10.3 Å². The van der Waals surface area contributed by atoms with E-state index in [1.165, 1.54) is 5.56 Å². The Labute approximate surface area is 165 Å². The SMILES string of the molecule is CC(C)CC(CC(=O)NCCc1ccccn1)c1c[nH]c2ccc(Cl)cc12. The van der Waals surface area contributed by atoms with Crippen LogP contribution in [-0.2, 0) is 11.2 Å². The van der Waals surface area contributed by atoms with Crippen LogP contribution in [0.3, 0.4) is 0 Å². The number of fused-ring (bicyclic) bond motifs is 1. The molecule has 3 rings (SSSR count). The first-order valence-corrected chi connectivity index (χ1v) is 9.84. The fraction of sp³-hybridized carbons (Fsp3) is 0.364. The maximum Gasteiger partial charge on any atom is 0.220 e. The van der Waals surface area contributed by atoms with Gasteiger partial charge >= 0.3 is 0 Å². The minimum absolute atomic E-state index is 0.0768. The summed E-state index contributed by atoms with van der Waals surface area (Å²) in [5.41, 5.74) is 3.21. The highest BCUT2D eigenvalue weighted by Crippen LogP contribution is 2.33. The Morgan fingerprint density at radius 2 is 2.11 bits per heavy atom. The van der Waals surface area contributed by atoms with E-state index < -0.39 is 0 Å². The molecule has 0 aliphatic rings. The second-order valence-corrected chi connectivity index (χ2v) is 7.82. The molecule has 1 aromatic carbocycles. The van der Waals surface area contributed by atoms with Gasteiger partial charge in [0.25, 0.3) is 0 Å². The van der Waals surface area contributed by atoms with Gasteiger partial charge in [-0.05, 0) is 54.2 Å². The van der Waals surface area contributed by atoms with Crippen molar-refractivity contribution in [3.8, 4) is 0 Å². The van der Waals surface area contributed by atoms with Crippen molar-refractivity contribution in [1.29, 1.82) is 0 Å².